The van der Waals surface area contributed by atoms with E-state index in [4.69, 9.17) is 16.3 Å². The number of carbonyl (C=O) groups excluding carboxylic acids is 1. The minimum absolute atomic E-state index is 0.0525. The van der Waals surface area contributed by atoms with Crippen LogP contribution in [0.4, 0.5) is 13.2 Å². The average Bonchev–Trinajstić information content (AvgIpc) is 2.93. The Balaban J connectivity index is 1.90. The third-order valence-electron chi connectivity index (χ3n) is 4.89. The second-order valence-corrected chi connectivity index (χ2v) is 6.83. The SMILES string of the molecule is O=C(c1cc(Cl)cc(C(F)(F)F)c1)N1C[C@H]2COCC[C@@]2(C(=O)O)C1. The molecule has 2 aliphatic heterocycles. The zero-order valence-electron chi connectivity index (χ0n) is 13.0. The maximum Gasteiger partial charge on any atom is 0.416 e. The van der Waals surface area contributed by atoms with Gasteiger partial charge in [-0.2, -0.15) is 13.2 Å². The molecule has 9 heteroatoms. The van der Waals surface area contributed by atoms with E-state index < -0.39 is 29.0 Å². The molecule has 136 valence electrons. The number of rotatable bonds is 2. The van der Waals surface area contributed by atoms with E-state index in [1.165, 1.54) is 4.90 Å². The Morgan fingerprint density at radius 3 is 2.64 bits per heavy atom. The highest BCUT2D eigenvalue weighted by Gasteiger charge is 2.55. The Morgan fingerprint density at radius 1 is 1.32 bits per heavy atom. The predicted molar refractivity (Wildman–Crippen MR) is 81.4 cm³/mol. The minimum atomic E-state index is -4.63. The molecule has 0 unspecified atom stereocenters. The normalized spacial score (nSPS) is 26.4. The monoisotopic (exact) mass is 377 g/mol. The number of carbonyl (C=O) groups is 2. The van der Waals surface area contributed by atoms with Crippen LogP contribution in [0.3, 0.4) is 0 Å². The largest absolute Gasteiger partial charge is 0.481 e. The van der Waals surface area contributed by atoms with Gasteiger partial charge in [-0.15, -0.1) is 0 Å². The van der Waals surface area contributed by atoms with Crippen LogP contribution >= 0.6 is 11.6 Å². The molecule has 2 saturated heterocycles. The third kappa shape index (κ3) is 3.20. The van der Waals surface area contributed by atoms with Crippen molar-refractivity contribution >= 4 is 23.5 Å². The van der Waals surface area contributed by atoms with E-state index in [2.05, 4.69) is 0 Å². The molecule has 25 heavy (non-hydrogen) atoms. The zero-order chi connectivity index (χ0) is 18.4. The van der Waals surface area contributed by atoms with Crippen molar-refractivity contribution in [2.75, 3.05) is 26.3 Å². The molecule has 1 aromatic rings. The molecule has 0 spiro atoms. The van der Waals surface area contributed by atoms with Crippen LogP contribution in [0.2, 0.25) is 5.02 Å². The van der Waals surface area contributed by atoms with Gasteiger partial charge < -0.3 is 14.7 Å². The van der Waals surface area contributed by atoms with Gasteiger partial charge in [0.15, 0.2) is 0 Å². The molecule has 2 fully saturated rings. The number of likely N-dealkylation sites (tertiary alicyclic amines) is 1. The van der Waals surface area contributed by atoms with Crippen LogP contribution < -0.4 is 0 Å². The van der Waals surface area contributed by atoms with Crippen molar-refractivity contribution in [3.05, 3.63) is 34.3 Å². The van der Waals surface area contributed by atoms with Crippen molar-refractivity contribution < 1.29 is 32.6 Å². The summed E-state index contributed by atoms with van der Waals surface area (Å²) >= 11 is 5.72. The highest BCUT2D eigenvalue weighted by molar-refractivity contribution is 6.31. The van der Waals surface area contributed by atoms with Gasteiger partial charge in [0.05, 0.1) is 17.6 Å². The lowest BCUT2D eigenvalue weighted by molar-refractivity contribution is -0.157. The first-order valence-corrected chi connectivity index (χ1v) is 7.99. The molecule has 0 radical (unpaired) electrons. The number of aliphatic carboxylic acids is 1. The van der Waals surface area contributed by atoms with E-state index in [1.54, 1.807) is 0 Å². The smallest absolute Gasteiger partial charge is 0.416 e. The number of ether oxygens (including phenoxy) is 1. The van der Waals surface area contributed by atoms with Gasteiger partial charge >= 0.3 is 12.1 Å². The minimum Gasteiger partial charge on any atom is -0.481 e. The van der Waals surface area contributed by atoms with Crippen LogP contribution in [0.25, 0.3) is 0 Å². The Bertz CT molecular complexity index is 724. The summed E-state index contributed by atoms with van der Waals surface area (Å²) in [7, 11) is 0. The number of halogens is 4. The summed E-state index contributed by atoms with van der Waals surface area (Å²) in [4.78, 5) is 25.7. The van der Waals surface area contributed by atoms with E-state index in [-0.39, 0.29) is 49.2 Å². The number of nitrogens with zero attached hydrogens (tertiary/aromatic N) is 1. The maximum absolute atomic E-state index is 12.9. The van der Waals surface area contributed by atoms with Crippen LogP contribution in [0.15, 0.2) is 18.2 Å². The van der Waals surface area contributed by atoms with Crippen molar-refractivity contribution in [1.29, 1.82) is 0 Å². The average molecular weight is 378 g/mol. The first-order valence-electron chi connectivity index (χ1n) is 7.62. The summed E-state index contributed by atoms with van der Waals surface area (Å²) in [6, 6.07) is 2.64. The van der Waals surface area contributed by atoms with Crippen molar-refractivity contribution in [2.45, 2.75) is 12.6 Å². The molecule has 1 N–H and O–H groups in total. The van der Waals surface area contributed by atoms with Crippen molar-refractivity contribution in [3.63, 3.8) is 0 Å². The molecule has 1 amide bonds. The van der Waals surface area contributed by atoms with Crippen LogP contribution in [-0.4, -0.2) is 48.2 Å². The Kier molecular flexibility index (Phi) is 4.45. The summed E-state index contributed by atoms with van der Waals surface area (Å²) in [5.41, 5.74) is -2.34. The summed E-state index contributed by atoms with van der Waals surface area (Å²) < 4.78 is 44.1. The van der Waals surface area contributed by atoms with Crippen LogP contribution in [0, 0.1) is 11.3 Å². The fraction of sp³-hybridized carbons (Fsp3) is 0.500. The van der Waals surface area contributed by atoms with Gasteiger partial charge in [0, 0.05) is 36.2 Å². The number of alkyl halides is 3. The molecular weight excluding hydrogens is 363 g/mol. The van der Waals surface area contributed by atoms with E-state index in [9.17, 15) is 27.9 Å². The van der Waals surface area contributed by atoms with Crippen LogP contribution in [-0.2, 0) is 15.7 Å². The van der Waals surface area contributed by atoms with Gasteiger partial charge in [0.25, 0.3) is 5.91 Å². The standard InChI is InChI=1S/C16H15ClF3NO4/c17-12-4-9(3-10(5-12)16(18,19)20)13(22)21-6-11-7-25-2-1-15(11,8-21)14(23)24/h3-5,11H,1-2,6-8H2,(H,23,24)/t11-,15+/m0/s1. The fourth-order valence-electron chi connectivity index (χ4n) is 3.51. The van der Waals surface area contributed by atoms with Gasteiger partial charge in [0.2, 0.25) is 0 Å². The second-order valence-electron chi connectivity index (χ2n) is 6.40. The topological polar surface area (TPSA) is 66.8 Å². The molecule has 0 aromatic heterocycles. The summed E-state index contributed by atoms with van der Waals surface area (Å²) in [5.74, 6) is -2.06. The number of hydrogen-bond acceptors (Lipinski definition) is 3. The van der Waals surface area contributed by atoms with Gasteiger partial charge in [-0.05, 0) is 24.6 Å². The van der Waals surface area contributed by atoms with Crippen LogP contribution in [0.5, 0.6) is 0 Å². The molecule has 5 nitrogen and oxygen atoms in total. The molecular formula is C16H15ClF3NO4. The molecule has 3 rings (SSSR count). The number of fused-ring (bicyclic) bond motifs is 1. The van der Waals surface area contributed by atoms with Crippen molar-refractivity contribution in [1.82, 2.24) is 4.90 Å². The number of benzene rings is 1. The lowest BCUT2D eigenvalue weighted by Gasteiger charge is -2.33. The summed E-state index contributed by atoms with van der Waals surface area (Å²) in [6.07, 6.45) is -4.37. The molecule has 2 atom stereocenters. The Labute approximate surface area is 146 Å². The van der Waals surface area contributed by atoms with Crippen molar-refractivity contribution in [2.24, 2.45) is 11.3 Å². The van der Waals surface area contributed by atoms with Crippen LogP contribution in [0.1, 0.15) is 22.3 Å². The Hall–Kier alpha value is -1.80. The van der Waals surface area contributed by atoms with Crippen molar-refractivity contribution in [3.8, 4) is 0 Å². The molecule has 0 saturated carbocycles. The molecule has 2 aliphatic rings. The molecule has 2 heterocycles. The van der Waals surface area contributed by atoms with E-state index in [1.807, 2.05) is 0 Å². The second kappa shape index (κ2) is 6.17. The number of amides is 1. The lowest BCUT2D eigenvalue weighted by atomic mass is 9.74. The van der Waals surface area contributed by atoms with Gasteiger partial charge in [0.1, 0.15) is 0 Å². The van der Waals surface area contributed by atoms with Gasteiger partial charge in [-0.3, -0.25) is 9.59 Å². The highest BCUT2D eigenvalue weighted by atomic mass is 35.5. The first kappa shape index (κ1) is 18.0. The first-order chi connectivity index (χ1) is 11.6. The van der Waals surface area contributed by atoms with E-state index >= 15 is 0 Å². The summed E-state index contributed by atoms with van der Waals surface area (Å²) in [6.45, 7) is 0.557. The highest BCUT2D eigenvalue weighted by Crippen LogP contribution is 2.43. The molecule has 0 aliphatic carbocycles. The maximum atomic E-state index is 12.9. The number of carboxylic acid groups (broad SMARTS) is 1. The number of hydrogen-bond donors (Lipinski definition) is 1. The van der Waals surface area contributed by atoms with Gasteiger partial charge in [-0.1, -0.05) is 11.6 Å². The predicted octanol–water partition coefficient (Wildman–Crippen LogP) is 2.92. The molecule has 1 aromatic carbocycles. The van der Waals surface area contributed by atoms with Gasteiger partial charge in [-0.25, -0.2) is 0 Å². The zero-order valence-corrected chi connectivity index (χ0v) is 13.7. The number of carboxylic acids is 1. The summed E-state index contributed by atoms with van der Waals surface area (Å²) in [5, 5.41) is 9.40. The Morgan fingerprint density at radius 2 is 2.04 bits per heavy atom. The van der Waals surface area contributed by atoms with E-state index in [0.29, 0.717) is 0 Å². The molecule has 0 bridgehead atoms. The van der Waals surface area contributed by atoms with E-state index in [0.717, 1.165) is 18.2 Å². The quantitative estimate of drug-likeness (QED) is 0.860. The lowest BCUT2D eigenvalue weighted by Crippen LogP contribution is -2.45. The third-order valence-corrected chi connectivity index (χ3v) is 5.11. The fourth-order valence-corrected chi connectivity index (χ4v) is 3.75.